The molecule has 328 valence electrons. The van der Waals surface area contributed by atoms with Crippen molar-refractivity contribution in [3.8, 4) is 22.6 Å². The Hall–Kier alpha value is -4.49. The van der Waals surface area contributed by atoms with E-state index in [1.165, 1.54) is 20.9 Å². The molecule has 0 bridgehead atoms. The van der Waals surface area contributed by atoms with Gasteiger partial charge in [0.05, 0.1) is 26.3 Å². The van der Waals surface area contributed by atoms with Gasteiger partial charge in [0.15, 0.2) is 0 Å². The van der Waals surface area contributed by atoms with Crippen LogP contribution in [0.2, 0.25) is 0 Å². The highest BCUT2D eigenvalue weighted by molar-refractivity contribution is 6.01. The number of methoxy groups -OCH3 is 2. The molecule has 2 heterocycles. The van der Waals surface area contributed by atoms with Gasteiger partial charge in [-0.15, -0.1) is 0 Å². The molecule has 2 fully saturated rings. The van der Waals surface area contributed by atoms with Gasteiger partial charge in [-0.3, -0.25) is 9.69 Å². The molecule has 0 radical (unpaired) electrons. The van der Waals surface area contributed by atoms with E-state index in [9.17, 15) is 27.9 Å². The van der Waals surface area contributed by atoms with Crippen LogP contribution in [0.25, 0.3) is 21.9 Å². The number of halogens is 5. The number of carboxylic acids is 1. The van der Waals surface area contributed by atoms with Crippen LogP contribution < -0.4 is 9.47 Å². The third-order valence-corrected chi connectivity index (χ3v) is 12.7. The fraction of sp³-hybridized carbons (Fsp3) is 0.532. The lowest BCUT2D eigenvalue weighted by atomic mass is 9.69. The summed E-state index contributed by atoms with van der Waals surface area (Å²) in [5.74, 6) is -7.78. The number of likely N-dealkylation sites (tertiary alicyclic amines) is 2. The number of hydrogen-bond donors (Lipinski definition) is 1. The second-order valence-corrected chi connectivity index (χ2v) is 16.8. The maximum absolute atomic E-state index is 16.2. The molecule has 0 aliphatic carbocycles. The Morgan fingerprint density at radius 3 is 2.03 bits per heavy atom. The van der Waals surface area contributed by atoms with Crippen LogP contribution in [-0.4, -0.2) is 116 Å². The van der Waals surface area contributed by atoms with Crippen molar-refractivity contribution in [1.82, 2.24) is 14.7 Å². The number of rotatable bonds is 18. The zero-order valence-corrected chi connectivity index (χ0v) is 35.8. The van der Waals surface area contributed by atoms with Gasteiger partial charge in [0.25, 0.3) is 11.8 Å². The molecule has 0 saturated carbocycles. The van der Waals surface area contributed by atoms with E-state index in [1.807, 2.05) is 43.3 Å². The summed E-state index contributed by atoms with van der Waals surface area (Å²) in [6.07, 6.45) is 0.469. The van der Waals surface area contributed by atoms with Crippen LogP contribution in [0, 0.1) is 5.41 Å². The number of allylic oxidation sites excluding steroid dienone is 1. The maximum Gasteiger partial charge on any atom is 0.326 e. The molecule has 5 rings (SSSR count). The molecule has 0 aromatic heterocycles. The molecule has 2 aliphatic heterocycles. The van der Waals surface area contributed by atoms with Gasteiger partial charge in [0.1, 0.15) is 29.1 Å². The Bertz CT molecular complexity index is 2020. The molecule has 1 unspecified atom stereocenters. The minimum absolute atomic E-state index is 0.0565. The van der Waals surface area contributed by atoms with Crippen LogP contribution in [0.5, 0.6) is 11.5 Å². The van der Waals surface area contributed by atoms with Gasteiger partial charge < -0.3 is 24.4 Å². The van der Waals surface area contributed by atoms with E-state index in [0.717, 1.165) is 21.4 Å². The number of carboxylic acid groups (broad SMARTS) is 1. The van der Waals surface area contributed by atoms with Gasteiger partial charge in [0.2, 0.25) is 5.91 Å². The lowest BCUT2D eigenvalue weighted by Gasteiger charge is -2.47. The molecular weight excluding hydrogens is 782 g/mol. The standard InChI is InChI=1S/C47H60F5N3O5/c1-9-12-35(48)28-54-23-19-45(20-24-54,47(51,52)31(4)5)44(58)53(6)39(43(56)57)25-33-13-10-15-37-36(33)14-11-16-38(37)42-40(59-7)26-34(27-41(42)60-8)32-17-21-55(22-18-32)29-46(49,50)30(2)3/h10-11,13-16,26-27,32,35,39H,2,4,9,12,17-25,28-29H2,1,3,5-8H3,(H,56,57)/t35?,39-/m0/s1. The van der Waals surface area contributed by atoms with Crippen molar-refractivity contribution in [3.63, 3.8) is 0 Å². The Morgan fingerprint density at radius 2 is 1.50 bits per heavy atom. The molecule has 3 aromatic carbocycles. The third-order valence-electron chi connectivity index (χ3n) is 12.7. The number of likely N-dealkylation sites (N-methyl/N-ethyl adjacent to an activating group) is 1. The minimum Gasteiger partial charge on any atom is -0.496 e. The molecular formula is C47H60F5N3O5. The Balaban J connectivity index is 1.44. The first-order chi connectivity index (χ1) is 28.3. The van der Waals surface area contributed by atoms with E-state index < -0.39 is 46.9 Å². The molecule has 2 atom stereocenters. The summed E-state index contributed by atoms with van der Waals surface area (Å²) < 4.78 is 87.7. The molecule has 8 nitrogen and oxygen atoms in total. The van der Waals surface area contributed by atoms with Crippen molar-refractivity contribution in [1.29, 1.82) is 0 Å². The van der Waals surface area contributed by atoms with Crippen LogP contribution in [0.1, 0.15) is 76.3 Å². The number of carbonyl (C=O) groups is 2. The summed E-state index contributed by atoms with van der Waals surface area (Å²) >= 11 is 0. The number of fused-ring (bicyclic) bond motifs is 1. The highest BCUT2D eigenvalue weighted by Gasteiger charge is 2.61. The average Bonchev–Trinajstić information content (AvgIpc) is 3.21. The lowest BCUT2D eigenvalue weighted by molar-refractivity contribution is -0.177. The highest BCUT2D eigenvalue weighted by Crippen LogP contribution is 2.51. The van der Waals surface area contributed by atoms with E-state index in [0.29, 0.717) is 66.8 Å². The second-order valence-electron chi connectivity index (χ2n) is 16.8. The summed E-state index contributed by atoms with van der Waals surface area (Å²) in [4.78, 5) is 31.9. The fourth-order valence-electron chi connectivity index (χ4n) is 8.99. The number of hydrogen-bond acceptors (Lipinski definition) is 6. The number of ether oxygens (including phenoxy) is 2. The Kier molecular flexibility index (Phi) is 14.8. The van der Waals surface area contributed by atoms with Gasteiger partial charge in [0, 0.05) is 20.0 Å². The SMILES string of the molecule is C=C(C)C(F)(F)CN1CCC(c2cc(OC)c(-c3cccc4c(C[C@@H](C(=O)O)N(C)C(=O)C5(C(F)(F)C(=C)C)CCN(CC(F)CCC)CC5)cccc34)c(OC)c2)CC1. The molecule has 3 aromatic rings. The van der Waals surface area contributed by atoms with Gasteiger partial charge in [-0.05, 0) is 129 Å². The molecule has 0 spiro atoms. The third kappa shape index (κ3) is 9.52. The largest absolute Gasteiger partial charge is 0.496 e. The van der Waals surface area contributed by atoms with Crippen molar-refractivity contribution in [2.24, 2.45) is 5.41 Å². The van der Waals surface area contributed by atoms with E-state index in [-0.39, 0.29) is 56.9 Å². The Morgan fingerprint density at radius 1 is 0.917 bits per heavy atom. The predicted octanol–water partition coefficient (Wildman–Crippen LogP) is 9.80. The molecule has 2 saturated heterocycles. The monoisotopic (exact) mass is 841 g/mol. The Labute approximate surface area is 351 Å². The average molecular weight is 842 g/mol. The van der Waals surface area contributed by atoms with Crippen molar-refractivity contribution < 1.29 is 46.1 Å². The van der Waals surface area contributed by atoms with Crippen LogP contribution in [0.4, 0.5) is 22.0 Å². The van der Waals surface area contributed by atoms with Gasteiger partial charge >= 0.3 is 5.97 Å². The van der Waals surface area contributed by atoms with Crippen molar-refractivity contribution in [2.75, 3.05) is 60.5 Å². The quantitative estimate of drug-likeness (QED) is 0.101. The number of nitrogens with zero attached hydrogens (tertiary/aromatic N) is 3. The van der Waals surface area contributed by atoms with E-state index in [2.05, 4.69) is 13.2 Å². The summed E-state index contributed by atoms with van der Waals surface area (Å²) in [6.45, 7) is 12.2. The molecule has 1 amide bonds. The molecule has 60 heavy (non-hydrogen) atoms. The number of benzene rings is 3. The first-order valence-electron chi connectivity index (χ1n) is 20.7. The summed E-state index contributed by atoms with van der Waals surface area (Å²) in [7, 11) is 4.38. The highest BCUT2D eigenvalue weighted by atomic mass is 19.3. The van der Waals surface area contributed by atoms with Crippen molar-refractivity contribution in [2.45, 2.75) is 95.7 Å². The summed E-state index contributed by atoms with van der Waals surface area (Å²) in [6, 6.07) is 13.4. The van der Waals surface area contributed by atoms with Crippen LogP contribution in [0.3, 0.4) is 0 Å². The second kappa shape index (κ2) is 19.1. The number of piperidine rings is 2. The van der Waals surface area contributed by atoms with Gasteiger partial charge in [-0.2, -0.15) is 0 Å². The van der Waals surface area contributed by atoms with Gasteiger partial charge in [-0.25, -0.2) is 26.7 Å². The van der Waals surface area contributed by atoms with Crippen LogP contribution in [0.15, 0.2) is 72.8 Å². The van der Waals surface area contributed by atoms with Crippen LogP contribution in [-0.2, 0) is 16.0 Å². The topological polar surface area (TPSA) is 82.5 Å². The first-order valence-corrected chi connectivity index (χ1v) is 20.7. The van der Waals surface area contributed by atoms with Crippen LogP contribution >= 0.6 is 0 Å². The van der Waals surface area contributed by atoms with Crippen molar-refractivity contribution in [3.05, 3.63) is 84.0 Å². The number of carbonyl (C=O) groups excluding carboxylic acids is 1. The van der Waals surface area contributed by atoms with E-state index >= 15 is 8.78 Å². The first kappa shape index (κ1) is 46.6. The number of alkyl halides is 5. The summed E-state index contributed by atoms with van der Waals surface area (Å²) in [5, 5.41) is 12.0. The summed E-state index contributed by atoms with van der Waals surface area (Å²) in [5.41, 5.74) is 0.0431. The van der Waals surface area contributed by atoms with Crippen molar-refractivity contribution >= 4 is 22.6 Å². The smallest absolute Gasteiger partial charge is 0.326 e. The zero-order chi connectivity index (χ0) is 44.2. The zero-order valence-electron chi connectivity index (χ0n) is 35.8. The maximum atomic E-state index is 16.2. The number of amides is 1. The normalized spacial score (nSPS) is 17.9. The minimum atomic E-state index is -3.65. The molecule has 13 heteroatoms. The van der Waals surface area contributed by atoms with E-state index in [1.54, 1.807) is 36.2 Å². The molecule has 1 N–H and O–H groups in total. The predicted molar refractivity (Wildman–Crippen MR) is 226 cm³/mol. The number of aliphatic carboxylic acids is 1. The molecule has 2 aliphatic rings. The lowest BCUT2D eigenvalue weighted by Crippen LogP contribution is -2.61. The van der Waals surface area contributed by atoms with E-state index in [4.69, 9.17) is 9.47 Å². The van der Waals surface area contributed by atoms with Gasteiger partial charge in [-0.1, -0.05) is 62.9 Å². The fourth-order valence-corrected chi connectivity index (χ4v) is 8.99.